The number of hydrogen-bond donors (Lipinski definition) is 5. The van der Waals surface area contributed by atoms with Crippen LogP contribution in [0.3, 0.4) is 0 Å². The van der Waals surface area contributed by atoms with Crippen LogP contribution in [0, 0.1) is 17.8 Å². The lowest BCUT2D eigenvalue weighted by Gasteiger charge is -2.26. The van der Waals surface area contributed by atoms with Gasteiger partial charge in [-0.1, -0.05) is 27.7 Å². The minimum Gasteiger partial charge on any atom is -0.391 e. The molecule has 7 N–H and O–H groups in total. The molecule has 0 aromatic heterocycles. The number of hydrogen-bond acceptors (Lipinski definition) is 6. The number of nitrogens with one attached hydrogen (secondary N) is 2. The molecule has 0 bridgehead atoms. The molecule has 0 aliphatic heterocycles. The van der Waals surface area contributed by atoms with Crippen molar-refractivity contribution in [1.82, 2.24) is 10.6 Å². The highest BCUT2D eigenvalue weighted by atomic mass is 16.3. The third kappa shape index (κ3) is 7.94. The molecule has 0 radical (unpaired) electrons. The van der Waals surface area contributed by atoms with E-state index in [2.05, 4.69) is 10.6 Å². The highest BCUT2D eigenvalue weighted by Crippen LogP contribution is 2.11. The first-order valence-electron chi connectivity index (χ1n) is 8.77. The Bertz CT molecular complexity index is 452. The summed E-state index contributed by atoms with van der Waals surface area (Å²) in [6, 6.07) is -2.03. The quantitative estimate of drug-likeness (QED) is 0.325. The summed E-state index contributed by atoms with van der Waals surface area (Å²) in [6.07, 6.45) is -0.553. The van der Waals surface area contributed by atoms with Gasteiger partial charge in [-0.2, -0.15) is 0 Å². The van der Waals surface area contributed by atoms with Crippen molar-refractivity contribution in [2.24, 2.45) is 29.2 Å². The van der Waals surface area contributed by atoms with Crippen molar-refractivity contribution in [2.45, 2.75) is 59.2 Å². The number of carbonyl (C=O) groups is 3. The molecular weight excluding hydrogens is 324 g/mol. The summed E-state index contributed by atoms with van der Waals surface area (Å²) < 4.78 is 0. The van der Waals surface area contributed by atoms with E-state index in [1.54, 1.807) is 13.8 Å². The standard InChI is InChI=1S/C17H34N4O4/c1-9(2)6-12(7-18)16(24)21-14(11(5)22)17(25)20-13(8-19)15(23)10(3)4/h9-14,22H,6-8,18-19H2,1-5H3,(H,20,25)(H,21,24)/t11?,12?,13-,14-/m0/s1. The van der Waals surface area contributed by atoms with Crippen LogP contribution in [0.4, 0.5) is 0 Å². The maximum atomic E-state index is 12.4. The molecular formula is C17H34N4O4. The van der Waals surface area contributed by atoms with Gasteiger partial charge in [-0.05, 0) is 19.3 Å². The third-order valence-corrected chi connectivity index (χ3v) is 3.94. The summed E-state index contributed by atoms with van der Waals surface area (Å²) >= 11 is 0. The minimum atomic E-state index is -1.18. The van der Waals surface area contributed by atoms with Crippen LogP contribution in [0.15, 0.2) is 0 Å². The van der Waals surface area contributed by atoms with E-state index >= 15 is 0 Å². The molecule has 0 saturated carbocycles. The van der Waals surface area contributed by atoms with E-state index in [4.69, 9.17) is 11.5 Å². The van der Waals surface area contributed by atoms with Crippen LogP contribution in [0.5, 0.6) is 0 Å². The summed E-state index contributed by atoms with van der Waals surface area (Å²) in [5.41, 5.74) is 11.2. The molecule has 2 amide bonds. The second kappa shape index (κ2) is 11.2. The van der Waals surface area contributed by atoms with Gasteiger partial charge in [-0.25, -0.2) is 0 Å². The third-order valence-electron chi connectivity index (χ3n) is 3.94. The average Bonchev–Trinajstić information content (AvgIpc) is 2.53. The molecule has 8 nitrogen and oxygen atoms in total. The second-order valence-corrected chi connectivity index (χ2v) is 7.14. The topological polar surface area (TPSA) is 148 Å². The van der Waals surface area contributed by atoms with Gasteiger partial charge in [0.1, 0.15) is 6.04 Å². The van der Waals surface area contributed by atoms with Crippen LogP contribution in [0.1, 0.15) is 41.0 Å². The van der Waals surface area contributed by atoms with Gasteiger partial charge in [0.25, 0.3) is 0 Å². The molecule has 2 unspecified atom stereocenters. The molecule has 0 saturated heterocycles. The molecule has 0 aliphatic rings. The molecule has 0 spiro atoms. The van der Waals surface area contributed by atoms with Crippen LogP contribution in [0.2, 0.25) is 0 Å². The molecule has 0 aromatic carbocycles. The first kappa shape index (κ1) is 23.5. The number of Topliss-reactive ketones (excluding diaryl/α,β-unsaturated/α-hetero) is 1. The van der Waals surface area contributed by atoms with Crippen LogP contribution < -0.4 is 22.1 Å². The van der Waals surface area contributed by atoms with Gasteiger partial charge < -0.3 is 27.2 Å². The predicted octanol–water partition coefficient (Wildman–Crippen LogP) is -0.858. The Morgan fingerprint density at radius 1 is 0.920 bits per heavy atom. The van der Waals surface area contributed by atoms with E-state index < -0.39 is 35.9 Å². The SMILES string of the molecule is CC(C)CC(CN)C(=O)N[C@H](C(=O)N[C@@H](CN)C(=O)C(C)C)C(C)O. The van der Waals surface area contributed by atoms with Gasteiger partial charge in [0, 0.05) is 19.0 Å². The average molecular weight is 358 g/mol. The zero-order valence-corrected chi connectivity index (χ0v) is 15.9. The minimum absolute atomic E-state index is 0.0536. The van der Waals surface area contributed by atoms with E-state index in [0.717, 1.165) is 0 Å². The molecule has 8 heteroatoms. The molecule has 25 heavy (non-hydrogen) atoms. The molecule has 0 heterocycles. The summed E-state index contributed by atoms with van der Waals surface area (Å²) in [6.45, 7) is 8.85. The van der Waals surface area contributed by atoms with E-state index in [-0.39, 0.29) is 30.7 Å². The van der Waals surface area contributed by atoms with E-state index in [1.807, 2.05) is 13.8 Å². The van der Waals surface area contributed by atoms with Crippen molar-refractivity contribution in [3.05, 3.63) is 0 Å². The summed E-state index contributed by atoms with van der Waals surface area (Å²) in [5, 5.41) is 14.9. The van der Waals surface area contributed by atoms with Crippen LogP contribution in [-0.4, -0.2) is 54.0 Å². The van der Waals surface area contributed by atoms with Crippen LogP contribution in [-0.2, 0) is 14.4 Å². The number of amides is 2. The van der Waals surface area contributed by atoms with E-state index in [9.17, 15) is 19.5 Å². The van der Waals surface area contributed by atoms with Crippen LogP contribution >= 0.6 is 0 Å². The Kier molecular flexibility index (Phi) is 10.5. The Hall–Kier alpha value is -1.51. The van der Waals surface area contributed by atoms with Gasteiger partial charge in [0.2, 0.25) is 11.8 Å². The highest BCUT2D eigenvalue weighted by molar-refractivity contribution is 5.94. The molecule has 146 valence electrons. The van der Waals surface area contributed by atoms with Crippen molar-refractivity contribution >= 4 is 17.6 Å². The molecule has 0 rings (SSSR count). The smallest absolute Gasteiger partial charge is 0.245 e. The van der Waals surface area contributed by atoms with Gasteiger partial charge in [-0.15, -0.1) is 0 Å². The molecule has 0 aliphatic carbocycles. The molecule has 4 atom stereocenters. The molecule has 0 aromatic rings. The highest BCUT2D eigenvalue weighted by Gasteiger charge is 2.31. The predicted molar refractivity (Wildman–Crippen MR) is 96.4 cm³/mol. The van der Waals surface area contributed by atoms with Crippen molar-refractivity contribution < 1.29 is 19.5 Å². The number of rotatable bonds is 11. The van der Waals surface area contributed by atoms with E-state index in [1.165, 1.54) is 6.92 Å². The fraction of sp³-hybridized carbons (Fsp3) is 0.824. The first-order valence-corrected chi connectivity index (χ1v) is 8.77. The van der Waals surface area contributed by atoms with Gasteiger partial charge in [0.15, 0.2) is 5.78 Å². The zero-order chi connectivity index (χ0) is 19.7. The number of aliphatic hydroxyl groups is 1. The maximum absolute atomic E-state index is 12.4. The second-order valence-electron chi connectivity index (χ2n) is 7.14. The monoisotopic (exact) mass is 358 g/mol. The van der Waals surface area contributed by atoms with Crippen molar-refractivity contribution in [1.29, 1.82) is 0 Å². The number of aliphatic hydroxyl groups excluding tert-OH is 1. The van der Waals surface area contributed by atoms with Crippen molar-refractivity contribution in [2.75, 3.05) is 13.1 Å². The lowest BCUT2D eigenvalue weighted by atomic mass is 9.95. The lowest BCUT2D eigenvalue weighted by molar-refractivity contribution is -0.135. The van der Waals surface area contributed by atoms with E-state index in [0.29, 0.717) is 6.42 Å². The Morgan fingerprint density at radius 2 is 1.48 bits per heavy atom. The van der Waals surface area contributed by atoms with Gasteiger partial charge in [-0.3, -0.25) is 14.4 Å². The number of nitrogens with two attached hydrogens (primary N) is 2. The van der Waals surface area contributed by atoms with Gasteiger partial charge in [0.05, 0.1) is 18.1 Å². The van der Waals surface area contributed by atoms with Crippen molar-refractivity contribution in [3.63, 3.8) is 0 Å². The lowest BCUT2D eigenvalue weighted by Crippen LogP contribution is -2.58. The summed E-state index contributed by atoms with van der Waals surface area (Å²) in [5.74, 6) is -1.71. The maximum Gasteiger partial charge on any atom is 0.245 e. The number of carbonyl (C=O) groups excluding carboxylic acids is 3. The largest absolute Gasteiger partial charge is 0.391 e. The number of ketones is 1. The summed E-state index contributed by atoms with van der Waals surface area (Å²) in [4.78, 5) is 36.8. The Labute approximate surface area is 150 Å². The van der Waals surface area contributed by atoms with Gasteiger partial charge >= 0.3 is 0 Å². The molecule has 0 fully saturated rings. The summed E-state index contributed by atoms with van der Waals surface area (Å²) in [7, 11) is 0. The Morgan fingerprint density at radius 3 is 1.84 bits per heavy atom. The zero-order valence-electron chi connectivity index (χ0n) is 15.9. The van der Waals surface area contributed by atoms with Crippen molar-refractivity contribution in [3.8, 4) is 0 Å². The normalized spacial score (nSPS) is 16.2. The first-order chi connectivity index (χ1) is 11.5. The fourth-order valence-corrected chi connectivity index (χ4v) is 2.47. The Balaban J connectivity index is 5.06. The fourth-order valence-electron chi connectivity index (χ4n) is 2.47. The van der Waals surface area contributed by atoms with Crippen LogP contribution in [0.25, 0.3) is 0 Å².